The third-order valence-electron chi connectivity index (χ3n) is 7.37. The van der Waals surface area contributed by atoms with Gasteiger partial charge in [-0.1, -0.05) is 44.2 Å². The number of amides is 2. The molecule has 2 bridgehead atoms. The van der Waals surface area contributed by atoms with Crippen molar-refractivity contribution in [3.63, 3.8) is 0 Å². The summed E-state index contributed by atoms with van der Waals surface area (Å²) in [7, 11) is 2.92. The van der Waals surface area contributed by atoms with Crippen LogP contribution in [0.3, 0.4) is 0 Å². The lowest BCUT2D eigenvalue weighted by atomic mass is 9.79. The Hall–Kier alpha value is -3.67. The Balaban J connectivity index is 2.62. The maximum atomic E-state index is 13.6. The molecule has 11 heteroatoms. The van der Waals surface area contributed by atoms with Gasteiger partial charge in [-0.15, -0.1) is 6.58 Å². The molecule has 2 rings (SSSR count). The van der Waals surface area contributed by atoms with Gasteiger partial charge in [-0.2, -0.15) is 0 Å². The number of nitrogens with zero attached hydrogens (tertiary/aromatic N) is 1. The number of fused-ring (bicyclic) bond motifs is 2. The van der Waals surface area contributed by atoms with Crippen LogP contribution in [0, 0.1) is 17.8 Å². The lowest BCUT2D eigenvalue weighted by Crippen LogP contribution is -2.42. The largest absolute Gasteiger partial charge is 0.439 e. The van der Waals surface area contributed by atoms with Crippen molar-refractivity contribution in [3.05, 3.63) is 59.9 Å². The molecule has 1 aliphatic carbocycles. The second kappa shape index (κ2) is 16.1. The predicted octanol–water partition coefficient (Wildman–Crippen LogP) is 2.75. The van der Waals surface area contributed by atoms with Crippen molar-refractivity contribution in [2.24, 2.45) is 28.5 Å². The normalized spacial score (nSPS) is 31.1. The van der Waals surface area contributed by atoms with E-state index in [1.165, 1.54) is 26.4 Å². The van der Waals surface area contributed by atoms with Gasteiger partial charge in [-0.3, -0.25) is 19.4 Å². The van der Waals surface area contributed by atoms with E-state index >= 15 is 0 Å². The zero-order chi connectivity index (χ0) is 31.6. The SMILES string of the molecule is C=CCN=C1C(=O)C=C2NC(=O)C(C)=CC=CC(OC)C(OC(N)=O)C(C)=CC(C)C(O)C(OC)CC(C)CC1C2=O. The minimum Gasteiger partial charge on any atom is -0.439 e. The lowest BCUT2D eigenvalue weighted by molar-refractivity contribution is -0.123. The molecule has 42 heavy (non-hydrogen) atoms. The minimum absolute atomic E-state index is 0.110. The Bertz CT molecular complexity index is 1200. The van der Waals surface area contributed by atoms with Crippen LogP contribution in [-0.2, 0) is 28.6 Å². The summed E-state index contributed by atoms with van der Waals surface area (Å²) in [6, 6.07) is 0. The van der Waals surface area contributed by atoms with Crippen molar-refractivity contribution in [2.75, 3.05) is 20.8 Å². The molecule has 0 aromatic rings. The van der Waals surface area contributed by atoms with Crippen LogP contribution in [0.1, 0.15) is 40.5 Å². The molecule has 0 saturated carbocycles. The van der Waals surface area contributed by atoms with Gasteiger partial charge in [0.1, 0.15) is 6.10 Å². The van der Waals surface area contributed by atoms with E-state index in [1.807, 2.05) is 6.92 Å². The van der Waals surface area contributed by atoms with E-state index in [0.717, 1.165) is 6.08 Å². The quantitative estimate of drug-likeness (QED) is 0.414. The Labute approximate surface area is 247 Å². The fourth-order valence-electron chi connectivity index (χ4n) is 5.10. The average Bonchev–Trinajstić information content (AvgIpc) is 2.94. The molecule has 230 valence electrons. The molecule has 1 heterocycles. The standard InChI is InChI=1S/C31H43N3O8/c1-8-12-33-26-21-13-17(2)14-25(41-7)27(36)19(4)15-20(5)29(42-31(32)39)24(40-6)11-9-10-18(3)30(38)34-22(28(21)37)16-23(26)35/h8-11,15-17,19,21,24-25,27,29,36H,1,12-14H2,2-7H3,(H2,32,39)(H,34,38). The van der Waals surface area contributed by atoms with E-state index in [4.69, 9.17) is 19.9 Å². The maximum Gasteiger partial charge on any atom is 0.405 e. The molecule has 2 amide bonds. The summed E-state index contributed by atoms with van der Waals surface area (Å²) >= 11 is 0. The predicted molar refractivity (Wildman–Crippen MR) is 159 cm³/mol. The molecule has 0 fully saturated rings. The Morgan fingerprint density at radius 1 is 1.19 bits per heavy atom. The molecule has 4 N–H and O–H groups in total. The summed E-state index contributed by atoms with van der Waals surface area (Å²) < 4.78 is 16.6. The van der Waals surface area contributed by atoms with Crippen LogP contribution < -0.4 is 11.1 Å². The molecule has 7 atom stereocenters. The highest BCUT2D eigenvalue weighted by Crippen LogP contribution is 2.28. The lowest BCUT2D eigenvalue weighted by Gasteiger charge is -2.30. The molecule has 11 nitrogen and oxygen atoms in total. The number of nitrogens with one attached hydrogen (secondary N) is 1. The van der Waals surface area contributed by atoms with Crippen molar-refractivity contribution in [3.8, 4) is 0 Å². The first-order valence-corrected chi connectivity index (χ1v) is 13.8. The van der Waals surface area contributed by atoms with Crippen LogP contribution in [-0.4, -0.2) is 79.6 Å². The highest BCUT2D eigenvalue weighted by Gasteiger charge is 2.38. The fraction of sp³-hybridized carbons (Fsp3) is 0.516. The summed E-state index contributed by atoms with van der Waals surface area (Å²) in [4.78, 5) is 55.6. The van der Waals surface area contributed by atoms with Crippen molar-refractivity contribution in [1.82, 2.24) is 5.32 Å². The zero-order valence-corrected chi connectivity index (χ0v) is 25.2. The summed E-state index contributed by atoms with van der Waals surface area (Å²) in [5.41, 5.74) is 6.17. The highest BCUT2D eigenvalue weighted by molar-refractivity contribution is 6.51. The minimum atomic E-state index is -1.00. The number of hydrogen-bond donors (Lipinski definition) is 3. The molecular weight excluding hydrogens is 542 g/mol. The molecule has 2 aliphatic rings. The number of nitrogens with two attached hydrogens (primary N) is 1. The summed E-state index contributed by atoms with van der Waals surface area (Å²) in [6.45, 7) is 10.8. The second-order valence-electron chi connectivity index (χ2n) is 10.7. The topological polar surface area (TPSA) is 167 Å². The van der Waals surface area contributed by atoms with Gasteiger partial charge >= 0.3 is 6.09 Å². The van der Waals surface area contributed by atoms with Gasteiger partial charge < -0.3 is 30.4 Å². The first-order valence-electron chi connectivity index (χ1n) is 13.8. The number of ether oxygens (including phenoxy) is 3. The van der Waals surface area contributed by atoms with Crippen LogP contribution in [0.5, 0.6) is 0 Å². The van der Waals surface area contributed by atoms with E-state index in [2.05, 4.69) is 16.9 Å². The number of carbonyl (C=O) groups excluding carboxylic acids is 4. The number of ketones is 2. The summed E-state index contributed by atoms with van der Waals surface area (Å²) in [5, 5.41) is 13.8. The average molecular weight is 586 g/mol. The number of aliphatic hydroxyl groups excluding tert-OH is 1. The number of aliphatic imine (C=N–C) groups is 1. The highest BCUT2D eigenvalue weighted by atomic mass is 16.6. The number of methoxy groups -OCH3 is 2. The van der Waals surface area contributed by atoms with Crippen molar-refractivity contribution in [1.29, 1.82) is 0 Å². The first kappa shape index (κ1) is 34.5. The maximum absolute atomic E-state index is 13.6. The van der Waals surface area contributed by atoms with E-state index in [9.17, 15) is 24.3 Å². The Morgan fingerprint density at radius 2 is 1.88 bits per heavy atom. The molecular formula is C31H43N3O8. The van der Waals surface area contributed by atoms with Crippen LogP contribution in [0.2, 0.25) is 0 Å². The molecule has 1 aliphatic heterocycles. The summed E-state index contributed by atoms with van der Waals surface area (Å²) in [6.07, 6.45) is 5.35. The van der Waals surface area contributed by atoms with E-state index < -0.39 is 59.8 Å². The molecule has 7 unspecified atom stereocenters. The van der Waals surface area contributed by atoms with E-state index in [1.54, 1.807) is 39.0 Å². The second-order valence-corrected chi connectivity index (χ2v) is 10.7. The smallest absolute Gasteiger partial charge is 0.405 e. The molecule has 0 radical (unpaired) electrons. The van der Waals surface area contributed by atoms with Crippen LogP contribution in [0.4, 0.5) is 4.79 Å². The van der Waals surface area contributed by atoms with Crippen molar-refractivity contribution < 1.29 is 38.5 Å². The number of hydrogen-bond acceptors (Lipinski definition) is 9. The van der Waals surface area contributed by atoms with Gasteiger partial charge in [-0.25, -0.2) is 4.79 Å². The monoisotopic (exact) mass is 585 g/mol. The Morgan fingerprint density at radius 3 is 2.48 bits per heavy atom. The number of allylic oxidation sites excluding steroid dienone is 4. The van der Waals surface area contributed by atoms with E-state index in [-0.39, 0.29) is 35.9 Å². The number of carbonyl (C=O) groups is 4. The zero-order valence-electron chi connectivity index (χ0n) is 25.2. The van der Waals surface area contributed by atoms with Crippen molar-refractivity contribution >= 4 is 29.3 Å². The van der Waals surface area contributed by atoms with Crippen LogP contribution in [0.25, 0.3) is 0 Å². The van der Waals surface area contributed by atoms with Gasteiger partial charge in [0.05, 0.1) is 36.1 Å². The first-order chi connectivity index (χ1) is 19.8. The molecule has 0 aromatic heterocycles. The Kier molecular flexibility index (Phi) is 13.2. The van der Waals surface area contributed by atoms with Crippen LogP contribution >= 0.6 is 0 Å². The van der Waals surface area contributed by atoms with Gasteiger partial charge in [0.25, 0.3) is 5.91 Å². The van der Waals surface area contributed by atoms with Gasteiger partial charge in [0, 0.05) is 31.8 Å². The fourth-order valence-corrected chi connectivity index (χ4v) is 5.10. The number of rotatable bonds is 5. The van der Waals surface area contributed by atoms with E-state index in [0.29, 0.717) is 12.0 Å². The van der Waals surface area contributed by atoms with Crippen molar-refractivity contribution in [2.45, 2.75) is 65.0 Å². The third kappa shape index (κ3) is 9.17. The molecule has 0 saturated heterocycles. The number of aliphatic hydroxyl groups is 1. The third-order valence-corrected chi connectivity index (χ3v) is 7.37. The number of Topliss-reactive ketones (excluding diaryl/α,β-unsaturated/α-hetero) is 1. The van der Waals surface area contributed by atoms with Gasteiger partial charge in [-0.05, 0) is 38.2 Å². The molecule has 0 aromatic carbocycles. The summed E-state index contributed by atoms with van der Waals surface area (Å²) in [5.74, 6) is -2.98. The molecule has 0 spiro atoms. The van der Waals surface area contributed by atoms with Gasteiger partial charge in [0.2, 0.25) is 5.78 Å². The van der Waals surface area contributed by atoms with Gasteiger partial charge in [0.15, 0.2) is 11.9 Å². The van der Waals surface area contributed by atoms with Crippen LogP contribution in [0.15, 0.2) is 64.9 Å². The number of primary amides is 1.